The molecule has 1 aliphatic heterocycles. The SMILES string of the molecule is C(=C1CCNCC1)c1cncs1. The van der Waals surface area contributed by atoms with Crippen molar-refractivity contribution in [2.24, 2.45) is 0 Å². The molecule has 0 saturated carbocycles. The molecule has 0 radical (unpaired) electrons. The molecule has 64 valence electrons. The Kier molecular flexibility index (Phi) is 2.54. The summed E-state index contributed by atoms with van der Waals surface area (Å²) in [6, 6.07) is 0. The van der Waals surface area contributed by atoms with Gasteiger partial charge in [0.15, 0.2) is 0 Å². The first-order valence-electron chi connectivity index (χ1n) is 4.24. The molecule has 0 unspecified atom stereocenters. The van der Waals surface area contributed by atoms with E-state index in [0.29, 0.717) is 0 Å². The van der Waals surface area contributed by atoms with E-state index in [4.69, 9.17) is 0 Å². The van der Waals surface area contributed by atoms with E-state index in [2.05, 4.69) is 16.4 Å². The number of hydrogen-bond acceptors (Lipinski definition) is 3. The number of aromatic nitrogens is 1. The van der Waals surface area contributed by atoms with Crippen molar-refractivity contribution in [3.05, 3.63) is 22.2 Å². The van der Waals surface area contributed by atoms with Crippen LogP contribution in [-0.2, 0) is 0 Å². The number of nitrogens with one attached hydrogen (secondary N) is 1. The molecule has 0 spiro atoms. The maximum atomic E-state index is 4.05. The van der Waals surface area contributed by atoms with Gasteiger partial charge in [-0.15, -0.1) is 11.3 Å². The Morgan fingerprint density at radius 1 is 1.42 bits per heavy atom. The highest BCUT2D eigenvalue weighted by Gasteiger charge is 2.03. The normalized spacial score (nSPS) is 17.8. The van der Waals surface area contributed by atoms with E-state index in [0.717, 1.165) is 13.1 Å². The number of nitrogens with zero attached hydrogens (tertiary/aromatic N) is 1. The molecule has 2 heterocycles. The zero-order chi connectivity index (χ0) is 8.23. The van der Waals surface area contributed by atoms with Crippen molar-refractivity contribution in [1.82, 2.24) is 10.3 Å². The number of piperidine rings is 1. The zero-order valence-electron chi connectivity index (χ0n) is 6.92. The van der Waals surface area contributed by atoms with Crippen molar-refractivity contribution in [1.29, 1.82) is 0 Å². The molecule has 0 aliphatic carbocycles. The fourth-order valence-electron chi connectivity index (χ4n) is 1.39. The molecular formula is C9H12N2S. The molecule has 2 rings (SSSR count). The molecule has 1 fully saturated rings. The van der Waals surface area contributed by atoms with E-state index in [1.165, 1.54) is 17.7 Å². The molecule has 12 heavy (non-hydrogen) atoms. The van der Waals surface area contributed by atoms with Crippen LogP contribution in [0.1, 0.15) is 17.7 Å². The molecule has 1 aliphatic rings. The van der Waals surface area contributed by atoms with Gasteiger partial charge in [-0.1, -0.05) is 5.57 Å². The summed E-state index contributed by atoms with van der Waals surface area (Å²) >= 11 is 1.71. The quantitative estimate of drug-likeness (QED) is 0.714. The Bertz CT molecular complexity index is 256. The van der Waals surface area contributed by atoms with Crippen LogP contribution in [0, 0.1) is 0 Å². The molecule has 1 saturated heterocycles. The summed E-state index contributed by atoms with van der Waals surface area (Å²) in [5.41, 5.74) is 3.44. The summed E-state index contributed by atoms with van der Waals surface area (Å²) < 4.78 is 0. The Hall–Kier alpha value is -0.670. The second-order valence-corrected chi connectivity index (χ2v) is 3.87. The van der Waals surface area contributed by atoms with Crippen LogP contribution in [0.2, 0.25) is 0 Å². The molecule has 0 atom stereocenters. The number of hydrogen-bond donors (Lipinski definition) is 1. The van der Waals surface area contributed by atoms with Crippen LogP contribution in [0.5, 0.6) is 0 Å². The summed E-state index contributed by atoms with van der Waals surface area (Å²) in [6.45, 7) is 2.26. The summed E-state index contributed by atoms with van der Waals surface area (Å²) in [4.78, 5) is 5.33. The van der Waals surface area contributed by atoms with Crippen molar-refractivity contribution >= 4 is 17.4 Å². The fraction of sp³-hybridized carbons (Fsp3) is 0.444. The molecule has 0 bridgehead atoms. The van der Waals surface area contributed by atoms with Gasteiger partial charge in [-0.3, -0.25) is 4.98 Å². The smallest absolute Gasteiger partial charge is 0.0797 e. The van der Waals surface area contributed by atoms with Gasteiger partial charge in [-0.05, 0) is 32.0 Å². The highest BCUT2D eigenvalue weighted by atomic mass is 32.1. The second kappa shape index (κ2) is 3.83. The first-order chi connectivity index (χ1) is 5.95. The van der Waals surface area contributed by atoms with Gasteiger partial charge in [0.2, 0.25) is 0 Å². The fourth-order valence-corrected chi connectivity index (χ4v) is 1.99. The van der Waals surface area contributed by atoms with E-state index < -0.39 is 0 Å². The van der Waals surface area contributed by atoms with Crippen LogP contribution in [0.4, 0.5) is 0 Å². The topological polar surface area (TPSA) is 24.9 Å². The van der Waals surface area contributed by atoms with E-state index in [1.54, 1.807) is 16.9 Å². The third-order valence-electron chi connectivity index (χ3n) is 2.04. The largest absolute Gasteiger partial charge is 0.316 e. The average molecular weight is 180 g/mol. The second-order valence-electron chi connectivity index (χ2n) is 2.96. The molecular weight excluding hydrogens is 168 g/mol. The minimum atomic E-state index is 1.13. The maximum Gasteiger partial charge on any atom is 0.0797 e. The molecule has 1 N–H and O–H groups in total. The van der Waals surface area contributed by atoms with E-state index in [1.807, 2.05) is 11.7 Å². The summed E-state index contributed by atoms with van der Waals surface area (Å²) in [6.07, 6.45) is 6.59. The maximum absolute atomic E-state index is 4.05. The lowest BCUT2D eigenvalue weighted by Crippen LogP contribution is -2.22. The van der Waals surface area contributed by atoms with Gasteiger partial charge < -0.3 is 5.32 Å². The van der Waals surface area contributed by atoms with Crippen LogP contribution in [0.3, 0.4) is 0 Å². The Morgan fingerprint density at radius 3 is 2.92 bits per heavy atom. The number of thiazole rings is 1. The first-order valence-corrected chi connectivity index (χ1v) is 5.12. The molecule has 1 aromatic rings. The van der Waals surface area contributed by atoms with Crippen LogP contribution in [0.25, 0.3) is 6.08 Å². The Morgan fingerprint density at radius 2 is 2.25 bits per heavy atom. The average Bonchev–Trinajstić information content (AvgIpc) is 2.59. The predicted molar refractivity (Wildman–Crippen MR) is 52.2 cm³/mol. The van der Waals surface area contributed by atoms with Gasteiger partial charge in [0.25, 0.3) is 0 Å². The molecule has 0 amide bonds. The van der Waals surface area contributed by atoms with E-state index in [9.17, 15) is 0 Å². The monoisotopic (exact) mass is 180 g/mol. The van der Waals surface area contributed by atoms with Gasteiger partial charge in [-0.2, -0.15) is 0 Å². The van der Waals surface area contributed by atoms with Crippen LogP contribution in [-0.4, -0.2) is 18.1 Å². The van der Waals surface area contributed by atoms with Gasteiger partial charge in [-0.25, -0.2) is 0 Å². The van der Waals surface area contributed by atoms with Gasteiger partial charge in [0.1, 0.15) is 0 Å². The highest BCUT2D eigenvalue weighted by Crippen LogP contribution is 2.17. The third kappa shape index (κ3) is 1.93. The summed E-state index contributed by atoms with van der Waals surface area (Å²) in [5.74, 6) is 0. The van der Waals surface area contributed by atoms with E-state index >= 15 is 0 Å². The van der Waals surface area contributed by atoms with Crippen LogP contribution < -0.4 is 5.32 Å². The van der Waals surface area contributed by atoms with Crippen molar-refractivity contribution < 1.29 is 0 Å². The third-order valence-corrected chi connectivity index (χ3v) is 2.77. The van der Waals surface area contributed by atoms with Gasteiger partial charge in [0, 0.05) is 11.1 Å². The predicted octanol–water partition coefficient (Wildman–Crippen LogP) is 1.91. The lowest BCUT2D eigenvalue weighted by atomic mass is 10.1. The summed E-state index contributed by atoms with van der Waals surface area (Å²) in [7, 11) is 0. The molecule has 3 heteroatoms. The minimum absolute atomic E-state index is 1.13. The highest BCUT2D eigenvalue weighted by molar-refractivity contribution is 7.10. The Labute approximate surface area is 76.3 Å². The minimum Gasteiger partial charge on any atom is -0.316 e. The lowest BCUT2D eigenvalue weighted by Gasteiger charge is -2.14. The van der Waals surface area contributed by atoms with Gasteiger partial charge >= 0.3 is 0 Å². The first kappa shape index (κ1) is 7.95. The number of rotatable bonds is 1. The van der Waals surface area contributed by atoms with Gasteiger partial charge in [0.05, 0.1) is 5.51 Å². The van der Waals surface area contributed by atoms with Crippen molar-refractivity contribution in [2.45, 2.75) is 12.8 Å². The van der Waals surface area contributed by atoms with E-state index in [-0.39, 0.29) is 0 Å². The standard InChI is InChI=1S/C9H12N2S/c1-3-10-4-2-8(1)5-9-6-11-7-12-9/h5-7,10H,1-4H2. The lowest BCUT2D eigenvalue weighted by molar-refractivity contribution is 0.613. The van der Waals surface area contributed by atoms with Crippen molar-refractivity contribution in [3.8, 4) is 0 Å². The summed E-state index contributed by atoms with van der Waals surface area (Å²) in [5, 5.41) is 3.34. The Balaban J connectivity index is 2.07. The zero-order valence-corrected chi connectivity index (χ0v) is 7.73. The molecule has 2 nitrogen and oxygen atoms in total. The van der Waals surface area contributed by atoms with Crippen molar-refractivity contribution in [2.75, 3.05) is 13.1 Å². The van der Waals surface area contributed by atoms with Crippen molar-refractivity contribution in [3.63, 3.8) is 0 Å². The molecule has 1 aromatic heterocycles. The van der Waals surface area contributed by atoms with Crippen LogP contribution >= 0.6 is 11.3 Å². The van der Waals surface area contributed by atoms with Crippen LogP contribution in [0.15, 0.2) is 17.3 Å². The molecule has 0 aromatic carbocycles.